The van der Waals surface area contributed by atoms with Gasteiger partial charge in [-0.05, 0) is 49.0 Å². The Morgan fingerprint density at radius 2 is 1.42 bits per heavy atom. The molecule has 3 aromatic carbocycles. The molecule has 1 aliphatic heterocycles. The van der Waals surface area contributed by atoms with Crippen LogP contribution < -0.4 is 10.1 Å². The molecule has 1 aliphatic rings. The second kappa shape index (κ2) is 10.2. The fraction of sp³-hybridized carbons (Fsp3) is 0.269. The molecule has 1 saturated heterocycles. The largest absolute Gasteiger partial charge is 0.457 e. The Labute approximate surface area is 184 Å². The summed E-state index contributed by atoms with van der Waals surface area (Å²) >= 11 is 0. The van der Waals surface area contributed by atoms with Crippen molar-refractivity contribution in [2.75, 3.05) is 39.8 Å². The first-order valence-electron chi connectivity index (χ1n) is 10.8. The third-order valence-corrected chi connectivity index (χ3v) is 5.64. The minimum atomic E-state index is -0.0748. The summed E-state index contributed by atoms with van der Waals surface area (Å²) in [6.45, 7) is 4.94. The van der Waals surface area contributed by atoms with Crippen LogP contribution in [0, 0.1) is 0 Å². The van der Waals surface area contributed by atoms with Crippen molar-refractivity contribution < 1.29 is 9.53 Å². The zero-order valence-electron chi connectivity index (χ0n) is 17.9. The van der Waals surface area contributed by atoms with E-state index in [1.165, 1.54) is 0 Å². The van der Waals surface area contributed by atoms with Gasteiger partial charge in [-0.1, -0.05) is 48.5 Å². The molecule has 0 bridgehead atoms. The van der Waals surface area contributed by atoms with Gasteiger partial charge < -0.3 is 15.0 Å². The summed E-state index contributed by atoms with van der Waals surface area (Å²) in [5.74, 6) is 1.41. The maximum atomic E-state index is 13.0. The molecule has 4 rings (SSSR count). The van der Waals surface area contributed by atoms with E-state index in [9.17, 15) is 4.79 Å². The number of carbonyl (C=O) groups excluding carboxylic acids is 1. The van der Waals surface area contributed by atoms with E-state index >= 15 is 0 Å². The summed E-state index contributed by atoms with van der Waals surface area (Å²) in [5, 5.41) is 3.24. The van der Waals surface area contributed by atoms with Gasteiger partial charge in [0, 0.05) is 38.3 Å². The van der Waals surface area contributed by atoms with Gasteiger partial charge in [-0.15, -0.1) is 0 Å². The number of carbonyl (C=O) groups is 1. The standard InChI is InChI=1S/C26H29N3O2/c1-28-16-18-29(19-17-28)20-25(21-8-4-2-5-9-21)27-26(30)22-12-14-24(15-13-22)31-23-10-6-3-7-11-23/h2-15,25H,16-20H2,1H3,(H,27,30). The summed E-state index contributed by atoms with van der Waals surface area (Å²) in [5.41, 5.74) is 1.75. The lowest BCUT2D eigenvalue weighted by Gasteiger charge is -2.35. The van der Waals surface area contributed by atoms with Gasteiger partial charge in [-0.2, -0.15) is 0 Å². The molecule has 160 valence electrons. The Hall–Kier alpha value is -3.15. The molecule has 1 heterocycles. The van der Waals surface area contributed by atoms with Crippen LogP contribution in [0.1, 0.15) is 22.0 Å². The number of benzene rings is 3. The summed E-state index contributed by atoms with van der Waals surface area (Å²) in [6.07, 6.45) is 0. The predicted octanol–water partition coefficient (Wildman–Crippen LogP) is 4.20. The van der Waals surface area contributed by atoms with Gasteiger partial charge in [0.05, 0.1) is 6.04 Å². The topological polar surface area (TPSA) is 44.8 Å². The molecule has 0 radical (unpaired) electrons. The van der Waals surface area contributed by atoms with E-state index < -0.39 is 0 Å². The first-order valence-corrected chi connectivity index (χ1v) is 10.8. The van der Waals surface area contributed by atoms with Gasteiger partial charge in [0.25, 0.3) is 5.91 Å². The number of rotatable bonds is 7. The molecule has 1 fully saturated rings. The third kappa shape index (κ3) is 5.94. The summed E-state index contributed by atoms with van der Waals surface area (Å²) < 4.78 is 5.83. The first kappa shape index (κ1) is 21.1. The molecule has 31 heavy (non-hydrogen) atoms. The summed E-state index contributed by atoms with van der Waals surface area (Å²) in [4.78, 5) is 17.8. The van der Waals surface area contributed by atoms with E-state index in [0.717, 1.165) is 44.0 Å². The van der Waals surface area contributed by atoms with Crippen LogP contribution in [-0.4, -0.2) is 55.5 Å². The SMILES string of the molecule is CN1CCN(CC(NC(=O)c2ccc(Oc3ccccc3)cc2)c2ccccc2)CC1. The molecule has 0 spiro atoms. The molecule has 1 unspecified atom stereocenters. The van der Waals surface area contributed by atoms with Gasteiger partial charge in [0.15, 0.2) is 0 Å². The van der Waals surface area contributed by atoms with E-state index in [2.05, 4.69) is 34.3 Å². The number of amides is 1. The molecule has 1 N–H and O–H groups in total. The van der Waals surface area contributed by atoms with Gasteiger partial charge in [0.2, 0.25) is 0 Å². The zero-order chi connectivity index (χ0) is 21.5. The van der Waals surface area contributed by atoms with Crippen molar-refractivity contribution in [3.05, 3.63) is 96.1 Å². The van der Waals surface area contributed by atoms with Crippen molar-refractivity contribution in [1.82, 2.24) is 15.1 Å². The Morgan fingerprint density at radius 3 is 2.06 bits per heavy atom. The van der Waals surface area contributed by atoms with Crippen LogP contribution >= 0.6 is 0 Å². The predicted molar refractivity (Wildman–Crippen MR) is 124 cm³/mol. The maximum absolute atomic E-state index is 13.0. The van der Waals surface area contributed by atoms with E-state index in [-0.39, 0.29) is 11.9 Å². The van der Waals surface area contributed by atoms with Gasteiger partial charge in [0.1, 0.15) is 11.5 Å². The second-order valence-corrected chi connectivity index (χ2v) is 7.98. The smallest absolute Gasteiger partial charge is 0.251 e. The molecular weight excluding hydrogens is 386 g/mol. The highest BCUT2D eigenvalue weighted by Crippen LogP contribution is 2.22. The van der Waals surface area contributed by atoms with Crippen LogP contribution in [-0.2, 0) is 0 Å². The van der Waals surface area contributed by atoms with Gasteiger partial charge in [-0.3, -0.25) is 9.69 Å². The number of piperazine rings is 1. The molecule has 0 saturated carbocycles. The highest BCUT2D eigenvalue weighted by molar-refractivity contribution is 5.94. The molecule has 1 amide bonds. The van der Waals surface area contributed by atoms with Crippen molar-refractivity contribution in [2.24, 2.45) is 0 Å². The Kier molecular flexibility index (Phi) is 6.97. The fourth-order valence-electron chi connectivity index (χ4n) is 3.75. The Bertz CT molecular complexity index is 953. The van der Waals surface area contributed by atoms with Crippen LogP contribution in [0.3, 0.4) is 0 Å². The average Bonchev–Trinajstić information content (AvgIpc) is 2.82. The van der Waals surface area contributed by atoms with E-state index in [1.54, 1.807) is 0 Å². The lowest BCUT2D eigenvalue weighted by Crippen LogP contribution is -2.47. The number of likely N-dealkylation sites (N-methyl/N-ethyl adjacent to an activating group) is 1. The highest BCUT2D eigenvalue weighted by Gasteiger charge is 2.21. The molecule has 1 atom stereocenters. The minimum absolute atomic E-state index is 0.0580. The highest BCUT2D eigenvalue weighted by atomic mass is 16.5. The first-order chi connectivity index (χ1) is 15.2. The number of ether oxygens (including phenoxy) is 1. The number of hydrogen-bond acceptors (Lipinski definition) is 4. The number of hydrogen-bond donors (Lipinski definition) is 1. The molecular formula is C26H29N3O2. The number of para-hydroxylation sites is 1. The van der Waals surface area contributed by atoms with Crippen molar-refractivity contribution >= 4 is 5.91 Å². The lowest BCUT2D eigenvalue weighted by atomic mass is 10.0. The molecule has 5 heteroatoms. The second-order valence-electron chi connectivity index (χ2n) is 7.98. The zero-order valence-corrected chi connectivity index (χ0v) is 17.9. The van der Waals surface area contributed by atoms with Crippen molar-refractivity contribution in [3.63, 3.8) is 0 Å². The van der Waals surface area contributed by atoms with Crippen LogP contribution in [0.15, 0.2) is 84.9 Å². The summed E-state index contributed by atoms with van der Waals surface area (Å²) in [7, 11) is 2.15. The Morgan fingerprint density at radius 1 is 0.839 bits per heavy atom. The van der Waals surface area contributed by atoms with Gasteiger partial charge in [-0.25, -0.2) is 0 Å². The summed E-state index contributed by atoms with van der Waals surface area (Å²) in [6, 6.07) is 27.1. The number of nitrogens with one attached hydrogen (secondary N) is 1. The van der Waals surface area contributed by atoms with Crippen molar-refractivity contribution in [2.45, 2.75) is 6.04 Å². The quantitative estimate of drug-likeness (QED) is 0.628. The van der Waals surface area contributed by atoms with Crippen LogP contribution in [0.4, 0.5) is 0 Å². The maximum Gasteiger partial charge on any atom is 0.251 e. The monoisotopic (exact) mass is 415 g/mol. The third-order valence-electron chi connectivity index (χ3n) is 5.64. The van der Waals surface area contributed by atoms with Crippen molar-refractivity contribution in [1.29, 1.82) is 0 Å². The molecule has 0 aliphatic carbocycles. The van der Waals surface area contributed by atoms with E-state index in [0.29, 0.717) is 11.3 Å². The van der Waals surface area contributed by atoms with E-state index in [1.807, 2.05) is 72.8 Å². The molecule has 3 aromatic rings. The molecule has 0 aromatic heterocycles. The van der Waals surface area contributed by atoms with E-state index in [4.69, 9.17) is 4.74 Å². The normalized spacial score (nSPS) is 15.9. The minimum Gasteiger partial charge on any atom is -0.457 e. The fourth-order valence-corrected chi connectivity index (χ4v) is 3.75. The van der Waals surface area contributed by atoms with Crippen molar-refractivity contribution in [3.8, 4) is 11.5 Å². The van der Waals surface area contributed by atoms with Gasteiger partial charge >= 0.3 is 0 Å². The molecule has 5 nitrogen and oxygen atoms in total. The Balaban J connectivity index is 1.43. The van der Waals surface area contributed by atoms with Crippen LogP contribution in [0.5, 0.6) is 11.5 Å². The number of nitrogens with zero attached hydrogens (tertiary/aromatic N) is 2. The average molecular weight is 416 g/mol. The van der Waals surface area contributed by atoms with Crippen LogP contribution in [0.2, 0.25) is 0 Å². The van der Waals surface area contributed by atoms with Crippen LogP contribution in [0.25, 0.3) is 0 Å². The lowest BCUT2D eigenvalue weighted by molar-refractivity contribution is 0.0907.